The summed E-state index contributed by atoms with van der Waals surface area (Å²) in [5.74, 6) is 0. The van der Waals surface area contributed by atoms with Crippen molar-refractivity contribution in [3.05, 3.63) is 36.3 Å². The van der Waals surface area contributed by atoms with Crippen LogP contribution in [-0.2, 0) is 10.3 Å². The Morgan fingerprint density at radius 3 is 2.80 bits per heavy atom. The van der Waals surface area contributed by atoms with Gasteiger partial charge in [-0.2, -0.15) is 0 Å². The molecule has 2 aliphatic heterocycles. The predicted octanol–water partition coefficient (Wildman–Crippen LogP) is 1.01. The average molecular weight is 273 g/mol. The smallest absolute Gasteiger partial charge is 0.136 e. The molecule has 0 amide bonds. The van der Waals surface area contributed by atoms with Gasteiger partial charge in [0.1, 0.15) is 11.2 Å². The number of rotatable bonds is 1. The summed E-state index contributed by atoms with van der Waals surface area (Å²) < 4.78 is 7.64. The lowest BCUT2D eigenvalue weighted by atomic mass is 9.79. The summed E-state index contributed by atoms with van der Waals surface area (Å²) in [7, 11) is 2.13. The van der Waals surface area contributed by atoms with E-state index in [1.807, 2.05) is 28.8 Å². The van der Waals surface area contributed by atoms with Crippen LogP contribution in [0.15, 0.2) is 30.6 Å². The number of fused-ring (bicyclic) bond motifs is 3. The maximum absolute atomic E-state index is 11.3. The number of aromatic nitrogens is 2. The summed E-state index contributed by atoms with van der Waals surface area (Å²) in [6, 6.07) is 6.51. The number of imidazole rings is 1. The summed E-state index contributed by atoms with van der Waals surface area (Å²) in [4.78, 5) is 6.66. The van der Waals surface area contributed by atoms with Gasteiger partial charge in [-0.05, 0) is 32.0 Å². The van der Waals surface area contributed by atoms with Crippen LogP contribution in [0.5, 0.6) is 0 Å². The molecule has 2 atom stereocenters. The van der Waals surface area contributed by atoms with Crippen molar-refractivity contribution in [2.45, 2.75) is 30.5 Å². The van der Waals surface area contributed by atoms with Crippen LogP contribution < -0.4 is 0 Å². The van der Waals surface area contributed by atoms with Crippen molar-refractivity contribution >= 4 is 5.65 Å². The van der Waals surface area contributed by atoms with Crippen molar-refractivity contribution < 1.29 is 9.84 Å². The molecule has 1 N–H and O–H groups in total. The van der Waals surface area contributed by atoms with Crippen LogP contribution in [0.1, 0.15) is 18.5 Å². The van der Waals surface area contributed by atoms with Gasteiger partial charge in [-0.15, -0.1) is 0 Å². The van der Waals surface area contributed by atoms with Gasteiger partial charge in [0, 0.05) is 24.5 Å². The Morgan fingerprint density at radius 1 is 1.30 bits per heavy atom. The van der Waals surface area contributed by atoms with Gasteiger partial charge in [0.2, 0.25) is 0 Å². The maximum atomic E-state index is 11.3. The van der Waals surface area contributed by atoms with Gasteiger partial charge in [0.25, 0.3) is 0 Å². The number of morpholine rings is 1. The molecule has 4 rings (SSSR count). The Bertz CT molecular complexity index is 625. The first kappa shape index (κ1) is 12.3. The molecule has 0 radical (unpaired) electrons. The molecule has 2 aromatic heterocycles. The molecule has 2 bridgehead atoms. The topological polar surface area (TPSA) is 50.0 Å². The predicted molar refractivity (Wildman–Crippen MR) is 74.5 cm³/mol. The van der Waals surface area contributed by atoms with Gasteiger partial charge in [-0.3, -0.25) is 4.90 Å². The minimum absolute atomic E-state index is 0.284. The zero-order valence-electron chi connectivity index (χ0n) is 11.6. The molecule has 0 spiro atoms. The van der Waals surface area contributed by atoms with Gasteiger partial charge in [-0.25, -0.2) is 4.98 Å². The second kappa shape index (κ2) is 4.28. The lowest BCUT2D eigenvalue weighted by molar-refractivity contribution is -0.139. The third-order valence-corrected chi connectivity index (χ3v) is 4.82. The normalized spacial score (nSPS) is 34.5. The average Bonchev–Trinajstić information content (AvgIpc) is 2.89. The summed E-state index contributed by atoms with van der Waals surface area (Å²) in [6.45, 7) is 1.41. The fraction of sp³-hybridized carbons (Fsp3) is 0.533. The number of aliphatic hydroxyl groups is 1. The van der Waals surface area contributed by atoms with Crippen molar-refractivity contribution in [2.24, 2.45) is 0 Å². The molecular formula is C15H19N3O2. The van der Waals surface area contributed by atoms with Crippen molar-refractivity contribution in [1.82, 2.24) is 14.3 Å². The summed E-state index contributed by atoms with van der Waals surface area (Å²) in [5, 5.41) is 11.3. The van der Waals surface area contributed by atoms with Gasteiger partial charge in [-0.1, -0.05) is 6.07 Å². The van der Waals surface area contributed by atoms with E-state index >= 15 is 0 Å². The van der Waals surface area contributed by atoms with Crippen molar-refractivity contribution in [2.75, 3.05) is 20.3 Å². The van der Waals surface area contributed by atoms with E-state index < -0.39 is 5.60 Å². The SMILES string of the molecule is CN1C2COCC1CC(O)(c1cccc3nccn13)C2. The van der Waals surface area contributed by atoms with Gasteiger partial charge in [0.05, 0.1) is 18.9 Å². The first-order chi connectivity index (χ1) is 9.67. The molecule has 5 heteroatoms. The Kier molecular flexibility index (Phi) is 2.64. The summed E-state index contributed by atoms with van der Waals surface area (Å²) >= 11 is 0. The van der Waals surface area contributed by atoms with Crippen LogP contribution in [0.4, 0.5) is 0 Å². The molecule has 20 heavy (non-hydrogen) atoms. The van der Waals surface area contributed by atoms with Crippen molar-refractivity contribution in [1.29, 1.82) is 0 Å². The first-order valence-electron chi connectivity index (χ1n) is 7.12. The molecule has 2 fully saturated rings. The van der Waals surface area contributed by atoms with E-state index in [9.17, 15) is 5.11 Å². The number of hydrogen-bond acceptors (Lipinski definition) is 4. The minimum Gasteiger partial charge on any atom is -0.383 e. The molecule has 106 valence electrons. The van der Waals surface area contributed by atoms with Crippen molar-refractivity contribution in [3.8, 4) is 0 Å². The Balaban J connectivity index is 1.79. The van der Waals surface area contributed by atoms with Crippen molar-refractivity contribution in [3.63, 3.8) is 0 Å². The molecule has 2 saturated heterocycles. The summed E-state index contributed by atoms with van der Waals surface area (Å²) in [5.41, 5.74) is 1.03. The highest BCUT2D eigenvalue weighted by Gasteiger charge is 2.46. The van der Waals surface area contributed by atoms with E-state index in [-0.39, 0.29) is 12.1 Å². The zero-order chi connectivity index (χ0) is 13.7. The highest BCUT2D eigenvalue weighted by atomic mass is 16.5. The number of ether oxygens (including phenoxy) is 1. The second-order valence-corrected chi connectivity index (χ2v) is 6.02. The largest absolute Gasteiger partial charge is 0.383 e. The van der Waals surface area contributed by atoms with E-state index in [0.29, 0.717) is 26.1 Å². The molecule has 2 unspecified atom stereocenters. The number of piperidine rings is 1. The van der Waals surface area contributed by atoms with E-state index in [1.54, 1.807) is 6.20 Å². The molecule has 5 nitrogen and oxygen atoms in total. The maximum Gasteiger partial charge on any atom is 0.136 e. The molecule has 0 aromatic carbocycles. The van der Waals surface area contributed by atoms with Gasteiger partial charge in [0.15, 0.2) is 0 Å². The molecule has 4 heterocycles. The van der Waals surface area contributed by atoms with Crippen LogP contribution in [-0.4, -0.2) is 51.7 Å². The number of nitrogens with zero attached hydrogens (tertiary/aromatic N) is 3. The lowest BCUT2D eigenvalue weighted by Gasteiger charge is -2.50. The fourth-order valence-corrected chi connectivity index (χ4v) is 3.68. The van der Waals surface area contributed by atoms with E-state index in [0.717, 1.165) is 11.3 Å². The van der Waals surface area contributed by atoms with Crippen LogP contribution in [0.3, 0.4) is 0 Å². The third kappa shape index (κ3) is 1.70. The van der Waals surface area contributed by atoms with E-state index in [2.05, 4.69) is 16.9 Å². The zero-order valence-corrected chi connectivity index (χ0v) is 11.6. The van der Waals surface area contributed by atoms with Gasteiger partial charge >= 0.3 is 0 Å². The summed E-state index contributed by atoms with van der Waals surface area (Å²) in [6.07, 6.45) is 5.11. The number of likely N-dealkylation sites (N-methyl/N-ethyl adjacent to an activating group) is 1. The molecule has 2 aromatic rings. The first-order valence-corrected chi connectivity index (χ1v) is 7.12. The minimum atomic E-state index is -0.800. The van der Waals surface area contributed by atoms with E-state index in [1.165, 1.54) is 0 Å². The standard InChI is InChI=1S/C15H19N3O2/c1-17-11-7-15(19,8-12(17)10-20-9-11)13-3-2-4-14-16-5-6-18(13)14/h2-6,11-12,19H,7-10H2,1H3. The molecule has 0 aliphatic carbocycles. The molecule has 0 saturated carbocycles. The highest BCUT2D eigenvalue weighted by molar-refractivity contribution is 5.41. The Hall–Kier alpha value is -1.43. The van der Waals surface area contributed by atoms with E-state index in [4.69, 9.17) is 4.74 Å². The van der Waals surface area contributed by atoms with Crippen LogP contribution >= 0.6 is 0 Å². The molecular weight excluding hydrogens is 254 g/mol. The van der Waals surface area contributed by atoms with Crippen LogP contribution in [0.2, 0.25) is 0 Å². The second-order valence-electron chi connectivity index (χ2n) is 6.02. The van der Waals surface area contributed by atoms with Crippen LogP contribution in [0, 0.1) is 0 Å². The quantitative estimate of drug-likeness (QED) is 0.842. The molecule has 2 aliphatic rings. The highest BCUT2D eigenvalue weighted by Crippen LogP contribution is 2.40. The third-order valence-electron chi connectivity index (χ3n) is 4.82. The van der Waals surface area contributed by atoms with Crippen LogP contribution in [0.25, 0.3) is 5.65 Å². The fourth-order valence-electron chi connectivity index (χ4n) is 3.68. The lowest BCUT2D eigenvalue weighted by Crippen LogP contribution is -2.59. The Labute approximate surface area is 117 Å². The van der Waals surface area contributed by atoms with Gasteiger partial charge < -0.3 is 14.2 Å². The number of hydrogen-bond donors (Lipinski definition) is 1. The Morgan fingerprint density at radius 2 is 2.05 bits per heavy atom. The monoisotopic (exact) mass is 273 g/mol. The number of pyridine rings is 1.